The Morgan fingerprint density at radius 3 is 2.18 bits per heavy atom. The fraction of sp³-hybridized carbons (Fsp3) is 0.300. The van der Waals surface area contributed by atoms with Crippen molar-refractivity contribution in [2.75, 3.05) is 5.32 Å². The summed E-state index contributed by atoms with van der Waals surface area (Å²) in [5.41, 5.74) is 2.78. The minimum Gasteiger partial charge on any atom is -0.324 e. The molecular weight excluding hydrogens is 377 g/mol. The average Bonchev–Trinajstić information content (AvgIpc) is 2.68. The van der Waals surface area contributed by atoms with Crippen LogP contribution in [0.4, 0.5) is 5.69 Å². The molecule has 1 amide bonds. The molecule has 0 fully saturated rings. The van der Waals surface area contributed by atoms with Gasteiger partial charge < -0.3 is 20.9 Å². The highest BCUT2D eigenvalue weighted by Crippen LogP contribution is 2.60. The number of nitrogens with zero attached hydrogens (tertiary/aromatic N) is 1. The second-order valence-corrected chi connectivity index (χ2v) is 8.52. The Morgan fingerprint density at radius 1 is 1.11 bits per heavy atom. The summed E-state index contributed by atoms with van der Waals surface area (Å²) in [4.78, 5) is 32.4. The molecule has 0 aliphatic carbocycles. The van der Waals surface area contributed by atoms with Gasteiger partial charge in [-0.25, -0.2) is 0 Å². The third-order valence-corrected chi connectivity index (χ3v) is 7.18. The van der Waals surface area contributed by atoms with E-state index < -0.39 is 12.8 Å². The lowest BCUT2D eigenvalue weighted by Crippen LogP contribution is -2.24. The number of para-hydroxylation sites is 1. The summed E-state index contributed by atoms with van der Waals surface area (Å²) in [6.07, 6.45) is 0.592. The zero-order valence-electron chi connectivity index (χ0n) is 16.2. The first-order valence-corrected chi connectivity index (χ1v) is 10.6. The smallest absolute Gasteiger partial charge is 0.324 e. The molecule has 0 atom stereocenters. The molecule has 2 aromatic rings. The Kier molecular flexibility index (Phi) is 6.77. The molecule has 5 N–H and O–H groups in total. The maximum Gasteiger partial charge on any atom is 0.335 e. The predicted molar refractivity (Wildman–Crippen MR) is 112 cm³/mol. The molecule has 0 aliphatic rings. The number of hydrogen-bond donors (Lipinski definition) is 4. The van der Waals surface area contributed by atoms with Crippen LogP contribution < -0.4 is 11.2 Å². The van der Waals surface area contributed by atoms with E-state index in [4.69, 9.17) is 5.84 Å². The predicted octanol–water partition coefficient (Wildman–Crippen LogP) is 3.81. The van der Waals surface area contributed by atoms with Gasteiger partial charge in [0.1, 0.15) is 0 Å². The summed E-state index contributed by atoms with van der Waals surface area (Å²) >= 11 is 0. The summed E-state index contributed by atoms with van der Waals surface area (Å²) in [7, 11) is -4.37. The van der Waals surface area contributed by atoms with Gasteiger partial charge in [-0.2, -0.15) is 5.10 Å². The van der Waals surface area contributed by atoms with Crippen molar-refractivity contribution in [3.8, 4) is 0 Å². The van der Waals surface area contributed by atoms with E-state index in [-0.39, 0.29) is 5.91 Å². The summed E-state index contributed by atoms with van der Waals surface area (Å²) in [5, 5.41) is 5.25. The number of nitrogens with two attached hydrogens (primary N) is 1. The second-order valence-electron chi connectivity index (χ2n) is 6.57. The van der Waals surface area contributed by atoms with Gasteiger partial charge in [0.25, 0.3) is 5.91 Å². The van der Waals surface area contributed by atoms with E-state index in [2.05, 4.69) is 10.4 Å². The highest BCUT2D eigenvalue weighted by Gasteiger charge is 2.45. The van der Waals surface area contributed by atoms with Crippen LogP contribution >= 0.6 is 7.60 Å². The molecule has 0 unspecified atom stereocenters. The van der Waals surface area contributed by atoms with Crippen LogP contribution in [0.1, 0.15) is 55.1 Å². The van der Waals surface area contributed by atoms with Gasteiger partial charge in [0.05, 0.1) is 16.6 Å². The summed E-state index contributed by atoms with van der Waals surface area (Å²) in [5.74, 6) is 5.01. The minimum absolute atomic E-state index is 0.296. The van der Waals surface area contributed by atoms with Crippen molar-refractivity contribution in [3.05, 3.63) is 65.2 Å². The number of carbonyl (C=O) groups excluding carboxylic acids is 1. The molecule has 0 saturated heterocycles. The van der Waals surface area contributed by atoms with Crippen molar-refractivity contribution in [1.29, 1.82) is 0 Å². The molecule has 7 nitrogen and oxygen atoms in total. The Hall–Kier alpha value is -2.47. The molecule has 8 heteroatoms. The third kappa shape index (κ3) is 4.17. The minimum atomic E-state index is -4.37. The summed E-state index contributed by atoms with van der Waals surface area (Å²) < 4.78 is 12.1. The fourth-order valence-corrected chi connectivity index (χ4v) is 4.65. The van der Waals surface area contributed by atoms with Gasteiger partial charge in [-0.3, -0.25) is 9.36 Å². The number of anilines is 1. The molecule has 0 saturated carbocycles. The van der Waals surface area contributed by atoms with Crippen LogP contribution in [0.5, 0.6) is 0 Å². The van der Waals surface area contributed by atoms with Crippen LogP contribution in [-0.2, 0) is 9.72 Å². The van der Waals surface area contributed by atoms with Crippen molar-refractivity contribution in [3.63, 3.8) is 0 Å². The molecule has 28 heavy (non-hydrogen) atoms. The molecule has 0 aromatic heterocycles. The maximum atomic E-state index is 12.6. The lowest BCUT2D eigenvalue weighted by atomic mass is 9.92. The second kappa shape index (κ2) is 8.69. The molecular formula is C20H26N3O4P. The van der Waals surface area contributed by atoms with Crippen LogP contribution in [0.2, 0.25) is 0 Å². The van der Waals surface area contributed by atoms with Gasteiger partial charge in [-0.1, -0.05) is 44.2 Å². The number of hydrogen-bond acceptors (Lipinski definition) is 4. The zero-order chi connectivity index (χ0) is 20.9. The molecule has 2 rings (SSSR count). The van der Waals surface area contributed by atoms with E-state index in [1.807, 2.05) is 6.07 Å². The van der Waals surface area contributed by atoms with Crippen molar-refractivity contribution in [1.82, 2.24) is 0 Å². The van der Waals surface area contributed by atoms with Crippen molar-refractivity contribution < 1.29 is 19.1 Å². The van der Waals surface area contributed by atoms with Gasteiger partial charge in [-0.15, -0.1) is 0 Å². The molecule has 0 radical (unpaired) electrons. The fourth-order valence-electron chi connectivity index (χ4n) is 3.34. The molecule has 0 aliphatic heterocycles. The van der Waals surface area contributed by atoms with Gasteiger partial charge in [-0.05, 0) is 43.5 Å². The topological polar surface area (TPSA) is 125 Å². The van der Waals surface area contributed by atoms with Crippen LogP contribution in [0.15, 0.2) is 53.6 Å². The Bertz CT molecular complexity index is 915. The number of hydrazone groups is 1. The van der Waals surface area contributed by atoms with Crippen molar-refractivity contribution in [2.24, 2.45) is 10.9 Å². The maximum absolute atomic E-state index is 12.6. The lowest BCUT2D eigenvalue weighted by Gasteiger charge is -2.32. The normalized spacial score (nSPS) is 12.7. The summed E-state index contributed by atoms with van der Waals surface area (Å²) in [6.45, 7) is 5.25. The first-order chi connectivity index (χ1) is 13.2. The monoisotopic (exact) mass is 403 g/mol. The van der Waals surface area contributed by atoms with E-state index >= 15 is 0 Å². The van der Waals surface area contributed by atoms with Crippen LogP contribution in [0.25, 0.3) is 0 Å². The van der Waals surface area contributed by atoms with Gasteiger partial charge in [0, 0.05) is 11.1 Å². The number of amides is 1. The molecule has 2 aromatic carbocycles. The van der Waals surface area contributed by atoms with Gasteiger partial charge in [0.15, 0.2) is 0 Å². The van der Waals surface area contributed by atoms with Gasteiger partial charge >= 0.3 is 7.60 Å². The first-order valence-electron chi connectivity index (χ1n) is 9.01. The van der Waals surface area contributed by atoms with Crippen LogP contribution in [0.3, 0.4) is 0 Å². The molecule has 0 heterocycles. The highest BCUT2D eigenvalue weighted by atomic mass is 31.2. The van der Waals surface area contributed by atoms with Crippen LogP contribution in [-0.4, -0.2) is 21.4 Å². The number of carbonyl (C=O) groups is 1. The van der Waals surface area contributed by atoms with Gasteiger partial charge in [0.2, 0.25) is 0 Å². The molecule has 0 bridgehead atoms. The summed E-state index contributed by atoms with van der Waals surface area (Å²) in [6, 6.07) is 13.6. The molecule has 0 spiro atoms. The SMILES string of the molecule is CCC(CC)(c1ccc(C(=O)Nc2ccccc2C(C)=NN)cc1)P(=O)(O)O. The zero-order valence-corrected chi connectivity index (χ0v) is 17.1. The highest BCUT2D eigenvalue weighted by molar-refractivity contribution is 7.53. The lowest BCUT2D eigenvalue weighted by molar-refractivity contribution is 0.102. The molecule has 150 valence electrons. The van der Waals surface area contributed by atoms with Crippen molar-refractivity contribution in [2.45, 2.75) is 38.8 Å². The van der Waals surface area contributed by atoms with Crippen LogP contribution in [0, 0.1) is 0 Å². The number of rotatable bonds is 7. The average molecular weight is 403 g/mol. The Labute approximate surface area is 164 Å². The quantitative estimate of drug-likeness (QED) is 0.242. The standard InChI is InChI=1S/C20H26N3O4P/c1-4-20(5-2,28(25,26)27)16-12-10-15(11-13-16)19(24)22-18-9-7-6-8-17(18)14(3)23-21/h6-13H,4-5,21H2,1-3H3,(H,22,24)(H2,25,26,27). The van der Waals surface area contributed by atoms with E-state index in [9.17, 15) is 19.1 Å². The van der Waals surface area contributed by atoms with E-state index in [0.717, 1.165) is 0 Å². The van der Waals surface area contributed by atoms with Crippen molar-refractivity contribution >= 4 is 24.9 Å². The van der Waals surface area contributed by atoms with E-state index in [0.29, 0.717) is 40.9 Å². The largest absolute Gasteiger partial charge is 0.335 e. The number of nitrogens with one attached hydrogen (secondary N) is 1. The Morgan fingerprint density at radius 2 is 1.68 bits per heavy atom. The Balaban J connectivity index is 2.32. The van der Waals surface area contributed by atoms with E-state index in [1.165, 1.54) is 0 Å². The number of benzene rings is 2. The van der Waals surface area contributed by atoms with E-state index in [1.54, 1.807) is 63.2 Å². The third-order valence-electron chi connectivity index (χ3n) is 5.17. The first kappa shape index (κ1) is 21.8.